The van der Waals surface area contributed by atoms with Gasteiger partial charge in [-0.15, -0.1) is 0 Å². The van der Waals surface area contributed by atoms with Crippen LogP contribution in [0.15, 0.2) is 59.7 Å². The molecule has 3 aromatic rings. The van der Waals surface area contributed by atoms with Gasteiger partial charge in [0.25, 0.3) is 5.92 Å². The molecule has 3 fully saturated rings. The maximum absolute atomic E-state index is 14.2. The summed E-state index contributed by atoms with van der Waals surface area (Å²) in [6.45, 7) is 2.00. The van der Waals surface area contributed by atoms with Gasteiger partial charge in [-0.25, -0.2) is 8.78 Å². The number of likely N-dealkylation sites (tertiary alicyclic amines) is 2. The molecule has 3 saturated heterocycles. The van der Waals surface area contributed by atoms with E-state index in [1.807, 2.05) is 29.2 Å². The summed E-state index contributed by atoms with van der Waals surface area (Å²) in [5.41, 5.74) is 2.20. The van der Waals surface area contributed by atoms with Crippen LogP contribution in [0, 0.1) is 9.49 Å². The Kier molecular flexibility index (Phi) is 32.4. The van der Waals surface area contributed by atoms with E-state index in [1.165, 1.54) is 19.5 Å². The largest absolute Gasteiger partial charge is 0.494 e. The molecule has 3 atom stereocenters. The number of benzene rings is 2. The van der Waals surface area contributed by atoms with Gasteiger partial charge in [0.15, 0.2) is 0 Å². The predicted octanol–water partition coefficient (Wildman–Crippen LogP) is 2.94. The van der Waals surface area contributed by atoms with Gasteiger partial charge in [-0.1, -0.05) is 18.6 Å². The summed E-state index contributed by atoms with van der Waals surface area (Å²) < 4.78 is 41.4. The molecule has 4 heterocycles. The van der Waals surface area contributed by atoms with E-state index in [9.17, 15) is 67.6 Å². The molecular formula is C64H93F2IN12O14. The van der Waals surface area contributed by atoms with Crippen LogP contribution in [0.2, 0.25) is 0 Å². The lowest BCUT2D eigenvalue weighted by molar-refractivity contribution is -0.140. The van der Waals surface area contributed by atoms with Crippen LogP contribution < -0.4 is 26.0 Å². The van der Waals surface area contributed by atoms with E-state index in [4.69, 9.17) is 9.47 Å². The number of halogens is 3. The van der Waals surface area contributed by atoms with Gasteiger partial charge < -0.3 is 55.7 Å². The number of nitrogens with zero attached hydrogens (tertiary/aromatic N) is 8. The smallest absolute Gasteiger partial charge is 0.317 e. The molecule has 6 rings (SSSR count). The quantitative estimate of drug-likeness (QED) is 0.0180. The highest BCUT2D eigenvalue weighted by molar-refractivity contribution is 14.1. The second-order valence-corrected chi connectivity index (χ2v) is 25.2. The molecule has 0 spiro atoms. The molecule has 1 aromatic heterocycles. The Labute approximate surface area is 555 Å². The number of hydrogen-bond acceptors (Lipinski definition) is 18. The third-order valence-corrected chi connectivity index (χ3v) is 17.4. The number of aryl methyl sites for hydroxylation is 1. The minimum atomic E-state index is -3.03. The minimum Gasteiger partial charge on any atom is -0.494 e. The fourth-order valence-corrected chi connectivity index (χ4v) is 12.0. The van der Waals surface area contributed by atoms with Crippen molar-refractivity contribution < 1.29 is 77.0 Å². The van der Waals surface area contributed by atoms with Crippen LogP contribution >= 0.6 is 22.6 Å². The summed E-state index contributed by atoms with van der Waals surface area (Å²) >= 11 is 2.25. The van der Waals surface area contributed by atoms with Crippen LogP contribution in [-0.2, 0) is 49.5 Å². The van der Waals surface area contributed by atoms with Crippen molar-refractivity contribution in [3.8, 4) is 5.75 Å². The molecule has 0 bridgehead atoms. The number of piperidine rings is 1. The lowest BCUT2D eigenvalue weighted by Crippen LogP contribution is -2.52. The molecule has 514 valence electrons. The third kappa shape index (κ3) is 28.1. The van der Waals surface area contributed by atoms with Crippen LogP contribution in [0.3, 0.4) is 0 Å². The zero-order valence-electron chi connectivity index (χ0n) is 53.2. The number of carbonyl (C=O) groups excluding carboxylic acids is 5. The first kappa shape index (κ1) is 75.4. The number of amides is 5. The van der Waals surface area contributed by atoms with Crippen LogP contribution in [0.25, 0.3) is 10.9 Å². The van der Waals surface area contributed by atoms with Crippen molar-refractivity contribution in [1.29, 1.82) is 0 Å². The average Bonchev–Trinajstić information content (AvgIpc) is 1.86. The number of carboxylic acid groups (broad SMARTS) is 3. The number of aliphatic carboxylic acids is 3. The van der Waals surface area contributed by atoms with E-state index in [0.29, 0.717) is 86.4 Å². The summed E-state index contributed by atoms with van der Waals surface area (Å²) in [7, 11) is 1.46. The lowest BCUT2D eigenvalue weighted by Gasteiger charge is -2.33. The number of nitrogens with one attached hydrogen (secondary N) is 4. The standard InChI is InChI=1S/C64H93F2IN12O14/c1-68-39-49-38-64(65,66)45-79(49)58(83)40-72-62(90)51-17-22-69-53-16-15-50(37-52(51)53)93-34-6-8-47-18-24-78(25-19-47)57(82)10-3-2-4-21-71-63(91)54(20-35-92-36-23-70-55(80)9-5-7-46-11-13-48(67)14-12-46)73-56(81)41-74-26-28-75(42-59(84)85)30-32-77(44-61(88)89)33-31-76(29-27-74)43-60(86)87/h11-17,22,37,39,47,49,54,62,72,90H,2-10,18-21,23-36,38,40-45H2,1H3,(H,70,80)(H,71,91)(H,73,81)(H,84,85)(H,86,87)(H,88,89)/t49-,54+,62?/m1/s1. The van der Waals surface area contributed by atoms with E-state index in [1.54, 1.807) is 43.9 Å². The Bertz CT molecular complexity index is 2900. The van der Waals surface area contributed by atoms with E-state index in [2.05, 4.69) is 53.8 Å². The Morgan fingerprint density at radius 3 is 1.98 bits per heavy atom. The maximum atomic E-state index is 14.2. The van der Waals surface area contributed by atoms with Crippen LogP contribution in [0.1, 0.15) is 94.4 Å². The monoisotopic (exact) mass is 1420 g/mol. The number of alkyl halides is 2. The zero-order valence-corrected chi connectivity index (χ0v) is 55.4. The molecule has 29 heteroatoms. The van der Waals surface area contributed by atoms with Crippen molar-refractivity contribution in [2.45, 2.75) is 108 Å². The Morgan fingerprint density at radius 1 is 0.720 bits per heavy atom. The lowest BCUT2D eigenvalue weighted by atomic mass is 9.92. The normalized spacial score (nSPS) is 18.1. The fraction of sp³-hybridized carbons (Fsp3) is 0.625. The molecule has 26 nitrogen and oxygen atoms in total. The summed E-state index contributed by atoms with van der Waals surface area (Å²) in [5.74, 6) is -6.80. The number of aliphatic hydroxyl groups is 1. The topological polar surface area (TPSA) is 329 Å². The van der Waals surface area contributed by atoms with Gasteiger partial charge in [0.1, 0.15) is 18.0 Å². The second kappa shape index (κ2) is 39.9. The number of ether oxygens (including phenoxy) is 2. The van der Waals surface area contributed by atoms with Crippen molar-refractivity contribution in [2.75, 3.05) is 145 Å². The number of aromatic nitrogens is 1. The van der Waals surface area contributed by atoms with Crippen molar-refractivity contribution in [3.63, 3.8) is 0 Å². The Balaban J connectivity index is 0.918. The number of carboxylic acids is 3. The highest BCUT2D eigenvalue weighted by Crippen LogP contribution is 2.32. The highest BCUT2D eigenvalue weighted by atomic mass is 127. The van der Waals surface area contributed by atoms with Gasteiger partial charge in [-0.05, 0) is 128 Å². The van der Waals surface area contributed by atoms with Crippen molar-refractivity contribution in [2.24, 2.45) is 10.9 Å². The SMILES string of the molecule is CN=C[C@H]1CC(F)(F)CN1C(=O)CNC(O)c1ccnc2ccc(OCCCC3CCN(C(=O)CCCCCNC(=O)[C@H](CCOCCNC(=O)CCCc4ccc(I)cc4)NC(=O)CN4CCN(CC(=O)O)CCN(CC(=O)O)CCN(CC(=O)O)CC4)CC3)cc12. The van der Waals surface area contributed by atoms with Crippen molar-refractivity contribution in [3.05, 3.63) is 69.4 Å². The third-order valence-electron chi connectivity index (χ3n) is 16.7. The molecule has 93 heavy (non-hydrogen) atoms. The number of carbonyl (C=O) groups is 8. The van der Waals surface area contributed by atoms with Gasteiger partial charge in [0, 0.05) is 138 Å². The molecule has 0 aliphatic carbocycles. The molecule has 1 unspecified atom stereocenters. The average molecular weight is 1420 g/mol. The molecule has 5 amide bonds. The van der Waals surface area contributed by atoms with Crippen molar-refractivity contribution in [1.82, 2.24) is 55.7 Å². The number of fused-ring (bicyclic) bond motifs is 1. The molecule has 8 N–H and O–H groups in total. The van der Waals surface area contributed by atoms with Gasteiger partial charge in [0.05, 0.1) is 64.0 Å². The molecule has 3 aliphatic rings. The molecule has 0 saturated carbocycles. The zero-order chi connectivity index (χ0) is 67.1. The summed E-state index contributed by atoms with van der Waals surface area (Å²) in [5, 5.41) is 52.0. The highest BCUT2D eigenvalue weighted by Gasteiger charge is 2.46. The van der Waals surface area contributed by atoms with Crippen LogP contribution in [0.5, 0.6) is 5.75 Å². The summed E-state index contributed by atoms with van der Waals surface area (Å²) in [4.78, 5) is 120. The molecule has 2 aromatic carbocycles. The van der Waals surface area contributed by atoms with Gasteiger partial charge in [-0.2, -0.15) is 0 Å². The first-order chi connectivity index (χ1) is 44.6. The van der Waals surface area contributed by atoms with Gasteiger partial charge in [-0.3, -0.25) is 73.2 Å². The number of hydrogen-bond donors (Lipinski definition) is 8. The first-order valence-electron chi connectivity index (χ1n) is 32.1. The maximum Gasteiger partial charge on any atom is 0.317 e. The minimum absolute atomic E-state index is 0.0758. The number of pyridine rings is 1. The number of unbranched alkanes of at least 4 members (excludes halogenated alkanes) is 2. The Morgan fingerprint density at radius 2 is 1.35 bits per heavy atom. The fourth-order valence-electron chi connectivity index (χ4n) is 11.7. The van der Waals surface area contributed by atoms with E-state index < -0.39 is 72.8 Å². The van der Waals surface area contributed by atoms with Gasteiger partial charge >= 0.3 is 17.9 Å². The van der Waals surface area contributed by atoms with Crippen LogP contribution in [-0.4, -0.2) is 271 Å². The predicted molar refractivity (Wildman–Crippen MR) is 351 cm³/mol. The molecule has 0 radical (unpaired) electrons. The first-order valence-corrected chi connectivity index (χ1v) is 33.2. The number of aliphatic imine (C=N–C) groups is 1. The van der Waals surface area contributed by atoms with E-state index in [0.717, 1.165) is 46.1 Å². The number of aliphatic hydroxyl groups excluding tert-OH is 1. The van der Waals surface area contributed by atoms with E-state index >= 15 is 0 Å². The summed E-state index contributed by atoms with van der Waals surface area (Å²) in [6, 6.07) is 13.3. The second-order valence-electron chi connectivity index (χ2n) is 24.0. The molecular weight excluding hydrogens is 1330 g/mol. The van der Waals surface area contributed by atoms with Crippen molar-refractivity contribution >= 4 is 87.2 Å². The Hall–Kier alpha value is -6.61. The summed E-state index contributed by atoms with van der Waals surface area (Å²) in [6.07, 6.45) is 8.62. The number of rotatable bonds is 36. The van der Waals surface area contributed by atoms with E-state index in [-0.39, 0.29) is 130 Å². The molecule has 3 aliphatic heterocycles. The van der Waals surface area contributed by atoms with Gasteiger partial charge in [0.2, 0.25) is 29.5 Å². The van der Waals surface area contributed by atoms with Crippen LogP contribution in [0.4, 0.5) is 8.78 Å².